The smallest absolute Gasteiger partial charge is 0.191 e. The minimum Gasteiger partial charge on any atom is -0.379 e. The summed E-state index contributed by atoms with van der Waals surface area (Å²) in [6.45, 7) is 9.09. The Morgan fingerprint density at radius 3 is 2.70 bits per heavy atom. The zero-order valence-electron chi connectivity index (χ0n) is 18.5. The van der Waals surface area contributed by atoms with Gasteiger partial charge in [0.2, 0.25) is 0 Å². The van der Waals surface area contributed by atoms with Gasteiger partial charge in [0.25, 0.3) is 0 Å². The molecule has 0 radical (unpaired) electrons. The number of nitrogens with one attached hydrogen (secondary N) is 2. The first-order valence-electron chi connectivity index (χ1n) is 11.5. The molecule has 2 aliphatic rings. The molecule has 2 fully saturated rings. The molecule has 1 saturated carbocycles. The minimum atomic E-state index is -0.711. The summed E-state index contributed by atoms with van der Waals surface area (Å²) in [5, 5.41) is 7.37. The molecule has 0 aromatic heterocycles. The molecular formula is C23H38N4O2S. The summed E-state index contributed by atoms with van der Waals surface area (Å²) in [4.78, 5) is 7.46. The number of morpholine rings is 1. The van der Waals surface area contributed by atoms with Gasteiger partial charge in [-0.3, -0.25) is 14.1 Å². The van der Waals surface area contributed by atoms with Crippen LogP contribution in [0.15, 0.2) is 35.3 Å². The van der Waals surface area contributed by atoms with Crippen LogP contribution >= 0.6 is 0 Å². The molecule has 1 aliphatic heterocycles. The molecule has 0 bridgehead atoms. The highest BCUT2D eigenvalue weighted by Crippen LogP contribution is 2.24. The van der Waals surface area contributed by atoms with Crippen LogP contribution in [0.25, 0.3) is 0 Å². The second-order valence-electron chi connectivity index (χ2n) is 8.09. The summed E-state index contributed by atoms with van der Waals surface area (Å²) < 4.78 is 17.9. The van der Waals surface area contributed by atoms with Crippen molar-refractivity contribution in [1.82, 2.24) is 15.5 Å². The van der Waals surface area contributed by atoms with Gasteiger partial charge in [0.15, 0.2) is 5.96 Å². The predicted octanol–water partition coefficient (Wildman–Crippen LogP) is 2.69. The molecule has 4 unspecified atom stereocenters. The van der Waals surface area contributed by atoms with Crippen LogP contribution in [0, 0.1) is 0 Å². The highest BCUT2D eigenvalue weighted by molar-refractivity contribution is 7.85. The molecule has 0 spiro atoms. The van der Waals surface area contributed by atoms with E-state index in [1.54, 1.807) is 0 Å². The van der Waals surface area contributed by atoms with Gasteiger partial charge in [-0.15, -0.1) is 0 Å². The van der Waals surface area contributed by atoms with Crippen molar-refractivity contribution in [3.05, 3.63) is 35.9 Å². The number of guanidine groups is 1. The fraction of sp³-hybridized carbons (Fsp3) is 0.696. The standard InChI is InChI=1S/C23H38N4O2S/c1-3-24-23(26-20-11-8-12-21(17-20)30(28)4-2)25-18-22(19-9-6-5-7-10-19)27-13-15-29-16-14-27/h5-7,9-10,20-22H,3-4,8,11-18H2,1-2H3,(H2,24,25,26). The Hall–Kier alpha value is -1.44. The zero-order valence-corrected chi connectivity index (χ0v) is 19.3. The lowest BCUT2D eigenvalue weighted by atomic mass is 9.95. The van der Waals surface area contributed by atoms with Crippen molar-refractivity contribution < 1.29 is 8.95 Å². The van der Waals surface area contributed by atoms with E-state index in [1.165, 1.54) is 5.56 Å². The lowest BCUT2D eigenvalue weighted by molar-refractivity contribution is 0.0179. The maximum atomic E-state index is 12.3. The second-order valence-corrected chi connectivity index (χ2v) is 10.1. The first-order valence-corrected chi connectivity index (χ1v) is 12.9. The molecule has 0 amide bonds. The monoisotopic (exact) mass is 434 g/mol. The van der Waals surface area contributed by atoms with Crippen LogP contribution in [0.1, 0.15) is 51.1 Å². The highest BCUT2D eigenvalue weighted by atomic mass is 32.2. The van der Waals surface area contributed by atoms with E-state index in [0.29, 0.717) is 17.8 Å². The maximum absolute atomic E-state index is 12.3. The van der Waals surface area contributed by atoms with Gasteiger partial charge in [-0.1, -0.05) is 43.7 Å². The molecule has 30 heavy (non-hydrogen) atoms. The Balaban J connectivity index is 1.68. The highest BCUT2D eigenvalue weighted by Gasteiger charge is 2.27. The molecule has 1 aliphatic carbocycles. The van der Waals surface area contributed by atoms with Gasteiger partial charge in [-0.2, -0.15) is 0 Å². The number of benzene rings is 1. The van der Waals surface area contributed by atoms with E-state index >= 15 is 0 Å². The second kappa shape index (κ2) is 12.4. The van der Waals surface area contributed by atoms with Crippen LogP contribution in [0.2, 0.25) is 0 Å². The van der Waals surface area contributed by atoms with Crippen molar-refractivity contribution in [2.45, 2.75) is 56.9 Å². The van der Waals surface area contributed by atoms with E-state index in [1.807, 2.05) is 6.92 Å². The number of ether oxygens (including phenoxy) is 1. The summed E-state index contributed by atoms with van der Waals surface area (Å²) in [7, 11) is -0.711. The Bertz CT molecular complexity index is 679. The largest absolute Gasteiger partial charge is 0.379 e. The molecule has 2 N–H and O–H groups in total. The fourth-order valence-electron chi connectivity index (χ4n) is 4.44. The van der Waals surface area contributed by atoms with Crippen LogP contribution in [-0.2, 0) is 15.5 Å². The van der Waals surface area contributed by atoms with Gasteiger partial charge in [0.05, 0.1) is 25.8 Å². The lowest BCUT2D eigenvalue weighted by Crippen LogP contribution is -2.47. The normalized spacial score (nSPS) is 25.5. The van der Waals surface area contributed by atoms with Crippen molar-refractivity contribution in [2.75, 3.05) is 45.1 Å². The average Bonchev–Trinajstić information content (AvgIpc) is 2.80. The number of nitrogens with zero attached hydrogens (tertiary/aromatic N) is 2. The van der Waals surface area contributed by atoms with Gasteiger partial charge in [0.1, 0.15) is 0 Å². The molecule has 1 aromatic rings. The van der Waals surface area contributed by atoms with Crippen LogP contribution in [0.4, 0.5) is 0 Å². The van der Waals surface area contributed by atoms with Gasteiger partial charge in [0, 0.05) is 47.5 Å². The Morgan fingerprint density at radius 2 is 2.00 bits per heavy atom. The first kappa shape index (κ1) is 23.2. The van der Waals surface area contributed by atoms with Crippen LogP contribution in [0.5, 0.6) is 0 Å². The summed E-state index contributed by atoms with van der Waals surface area (Å²) >= 11 is 0. The average molecular weight is 435 g/mol. The van der Waals surface area contributed by atoms with E-state index < -0.39 is 10.8 Å². The van der Waals surface area contributed by atoms with Crippen LogP contribution in [-0.4, -0.2) is 71.5 Å². The van der Waals surface area contributed by atoms with Crippen molar-refractivity contribution >= 4 is 16.8 Å². The fourth-order valence-corrected chi connectivity index (χ4v) is 5.79. The topological polar surface area (TPSA) is 66.0 Å². The number of hydrogen-bond donors (Lipinski definition) is 2. The molecule has 7 heteroatoms. The molecule has 4 atom stereocenters. The number of rotatable bonds is 8. The minimum absolute atomic E-state index is 0.247. The molecule has 1 aromatic carbocycles. The van der Waals surface area contributed by atoms with Crippen LogP contribution in [0.3, 0.4) is 0 Å². The predicted molar refractivity (Wildman–Crippen MR) is 125 cm³/mol. The van der Waals surface area contributed by atoms with Gasteiger partial charge >= 0.3 is 0 Å². The third-order valence-corrected chi connectivity index (χ3v) is 7.80. The molecule has 1 heterocycles. The first-order chi connectivity index (χ1) is 14.7. The molecule has 168 valence electrons. The van der Waals surface area contributed by atoms with Gasteiger partial charge < -0.3 is 15.4 Å². The van der Waals surface area contributed by atoms with E-state index in [2.05, 4.69) is 52.8 Å². The van der Waals surface area contributed by atoms with E-state index in [9.17, 15) is 4.21 Å². The molecule has 6 nitrogen and oxygen atoms in total. The maximum Gasteiger partial charge on any atom is 0.191 e. The van der Waals surface area contributed by atoms with E-state index in [0.717, 1.165) is 70.2 Å². The molecule has 1 saturated heterocycles. The van der Waals surface area contributed by atoms with Crippen molar-refractivity contribution in [3.63, 3.8) is 0 Å². The quantitative estimate of drug-likeness (QED) is 0.486. The van der Waals surface area contributed by atoms with Gasteiger partial charge in [-0.25, -0.2) is 0 Å². The third-order valence-electron chi connectivity index (χ3n) is 6.06. The summed E-state index contributed by atoms with van der Waals surface area (Å²) in [5.74, 6) is 1.63. The number of hydrogen-bond acceptors (Lipinski definition) is 4. The number of aliphatic imine (C=N–C) groups is 1. The Kier molecular flexibility index (Phi) is 9.62. The summed E-state index contributed by atoms with van der Waals surface area (Å²) in [5.41, 5.74) is 1.30. The molecule has 3 rings (SSSR count). The summed E-state index contributed by atoms with van der Waals surface area (Å²) in [6, 6.07) is 11.3. The lowest BCUT2D eigenvalue weighted by Gasteiger charge is -2.34. The van der Waals surface area contributed by atoms with Crippen molar-refractivity contribution in [3.8, 4) is 0 Å². The van der Waals surface area contributed by atoms with Gasteiger partial charge in [-0.05, 0) is 31.7 Å². The molecular weight excluding hydrogens is 396 g/mol. The van der Waals surface area contributed by atoms with Crippen LogP contribution < -0.4 is 10.6 Å². The van der Waals surface area contributed by atoms with Crippen molar-refractivity contribution in [1.29, 1.82) is 0 Å². The zero-order chi connectivity index (χ0) is 21.2. The van der Waals surface area contributed by atoms with E-state index in [4.69, 9.17) is 9.73 Å². The Morgan fingerprint density at radius 1 is 1.23 bits per heavy atom. The third kappa shape index (κ3) is 6.79. The van der Waals surface area contributed by atoms with E-state index in [-0.39, 0.29) is 6.04 Å². The van der Waals surface area contributed by atoms with Crippen molar-refractivity contribution in [2.24, 2.45) is 4.99 Å². The SMILES string of the molecule is CCNC(=NCC(c1ccccc1)N1CCOCC1)NC1CCCC(S(=O)CC)C1. The summed E-state index contributed by atoms with van der Waals surface area (Å²) in [6.07, 6.45) is 4.30. The Labute approximate surface area is 184 Å².